The minimum atomic E-state index is 1.08. The number of benzene rings is 1. The van der Waals surface area contributed by atoms with E-state index in [2.05, 4.69) is 46.5 Å². The summed E-state index contributed by atoms with van der Waals surface area (Å²) in [4.78, 5) is 4.36. The molecule has 0 saturated carbocycles. The van der Waals surface area contributed by atoms with E-state index in [0.29, 0.717) is 0 Å². The topological polar surface area (TPSA) is 12.4 Å². The lowest BCUT2D eigenvalue weighted by Gasteiger charge is -2.20. The SMILES string of the molecule is CCc1c(C)c(C)c(C)c(C)c1C(C)=NC. The molecular formula is C15H23N. The number of hydrogen-bond donors (Lipinski definition) is 0. The molecule has 0 aliphatic heterocycles. The molecule has 0 unspecified atom stereocenters. The summed E-state index contributed by atoms with van der Waals surface area (Å²) in [6.45, 7) is 13.2. The van der Waals surface area contributed by atoms with E-state index in [0.717, 1.165) is 12.1 Å². The summed E-state index contributed by atoms with van der Waals surface area (Å²) >= 11 is 0. The Bertz CT molecular complexity index is 439. The maximum absolute atomic E-state index is 4.36. The lowest BCUT2D eigenvalue weighted by atomic mass is 9.86. The van der Waals surface area contributed by atoms with Gasteiger partial charge in [0.25, 0.3) is 0 Å². The summed E-state index contributed by atoms with van der Waals surface area (Å²) in [6.07, 6.45) is 1.08. The molecule has 0 amide bonds. The fraction of sp³-hybridized carbons (Fsp3) is 0.533. The van der Waals surface area contributed by atoms with Gasteiger partial charge in [-0.1, -0.05) is 6.92 Å². The van der Waals surface area contributed by atoms with Crippen LogP contribution in [0, 0.1) is 27.7 Å². The second kappa shape index (κ2) is 4.82. The highest BCUT2D eigenvalue weighted by Crippen LogP contribution is 2.27. The van der Waals surface area contributed by atoms with Crippen molar-refractivity contribution in [2.45, 2.75) is 48.0 Å². The molecule has 0 aliphatic rings. The Morgan fingerprint density at radius 3 is 1.88 bits per heavy atom. The number of nitrogens with zero attached hydrogens (tertiary/aromatic N) is 1. The Morgan fingerprint density at radius 1 is 0.938 bits per heavy atom. The van der Waals surface area contributed by atoms with E-state index >= 15 is 0 Å². The zero-order chi connectivity index (χ0) is 12.5. The van der Waals surface area contributed by atoms with Crippen LogP contribution in [0.15, 0.2) is 4.99 Å². The van der Waals surface area contributed by atoms with Crippen LogP contribution in [-0.4, -0.2) is 12.8 Å². The third-order valence-corrected chi connectivity index (χ3v) is 3.87. The van der Waals surface area contributed by atoms with E-state index in [1.165, 1.54) is 33.4 Å². The van der Waals surface area contributed by atoms with Crippen LogP contribution < -0.4 is 0 Å². The van der Waals surface area contributed by atoms with Gasteiger partial charge in [-0.2, -0.15) is 0 Å². The van der Waals surface area contributed by atoms with Gasteiger partial charge in [0, 0.05) is 18.3 Å². The maximum atomic E-state index is 4.36. The van der Waals surface area contributed by atoms with Crippen LogP contribution in [0.2, 0.25) is 0 Å². The molecule has 0 aromatic heterocycles. The first-order valence-electron chi connectivity index (χ1n) is 5.98. The van der Waals surface area contributed by atoms with Crippen LogP contribution in [0.1, 0.15) is 47.2 Å². The largest absolute Gasteiger partial charge is 0.293 e. The Morgan fingerprint density at radius 2 is 1.44 bits per heavy atom. The third kappa shape index (κ3) is 1.91. The van der Waals surface area contributed by atoms with Crippen molar-refractivity contribution in [2.75, 3.05) is 7.05 Å². The first-order valence-corrected chi connectivity index (χ1v) is 5.98. The summed E-state index contributed by atoms with van der Waals surface area (Å²) in [7, 11) is 1.87. The van der Waals surface area contributed by atoms with Gasteiger partial charge in [-0.05, 0) is 68.9 Å². The zero-order valence-corrected chi connectivity index (χ0v) is 11.7. The van der Waals surface area contributed by atoms with Gasteiger partial charge in [0.1, 0.15) is 0 Å². The Hall–Kier alpha value is -1.11. The molecule has 0 aliphatic carbocycles. The highest BCUT2D eigenvalue weighted by molar-refractivity contribution is 6.02. The van der Waals surface area contributed by atoms with E-state index in [-0.39, 0.29) is 0 Å². The van der Waals surface area contributed by atoms with Crippen molar-refractivity contribution in [1.29, 1.82) is 0 Å². The van der Waals surface area contributed by atoms with Crippen molar-refractivity contribution in [2.24, 2.45) is 4.99 Å². The van der Waals surface area contributed by atoms with E-state index in [1.807, 2.05) is 7.05 Å². The van der Waals surface area contributed by atoms with Crippen molar-refractivity contribution in [1.82, 2.24) is 0 Å². The molecular weight excluding hydrogens is 194 g/mol. The number of rotatable bonds is 2. The van der Waals surface area contributed by atoms with Gasteiger partial charge < -0.3 is 0 Å². The molecule has 88 valence electrons. The van der Waals surface area contributed by atoms with Gasteiger partial charge in [0.05, 0.1) is 0 Å². The average Bonchev–Trinajstić information content (AvgIpc) is 2.29. The van der Waals surface area contributed by atoms with E-state index < -0.39 is 0 Å². The lowest BCUT2D eigenvalue weighted by molar-refractivity contribution is 1.06. The predicted molar refractivity (Wildman–Crippen MR) is 72.9 cm³/mol. The fourth-order valence-electron chi connectivity index (χ4n) is 2.43. The van der Waals surface area contributed by atoms with Crippen LogP contribution in [0.3, 0.4) is 0 Å². The second-order valence-corrected chi connectivity index (χ2v) is 4.52. The molecule has 0 saturated heterocycles. The smallest absolute Gasteiger partial charge is 0.0391 e. The minimum absolute atomic E-state index is 1.08. The van der Waals surface area contributed by atoms with Crippen molar-refractivity contribution >= 4 is 5.71 Å². The lowest BCUT2D eigenvalue weighted by Crippen LogP contribution is -2.09. The maximum Gasteiger partial charge on any atom is 0.0391 e. The van der Waals surface area contributed by atoms with Gasteiger partial charge in [-0.25, -0.2) is 0 Å². The van der Waals surface area contributed by atoms with Gasteiger partial charge in [-0.3, -0.25) is 4.99 Å². The third-order valence-electron chi connectivity index (χ3n) is 3.87. The van der Waals surface area contributed by atoms with Crippen molar-refractivity contribution in [3.05, 3.63) is 33.4 Å². The molecule has 1 rings (SSSR count). The highest BCUT2D eigenvalue weighted by Gasteiger charge is 2.15. The monoisotopic (exact) mass is 217 g/mol. The van der Waals surface area contributed by atoms with Crippen LogP contribution in [0.5, 0.6) is 0 Å². The summed E-state index contributed by atoms with van der Waals surface area (Å²) in [5.41, 5.74) is 9.65. The summed E-state index contributed by atoms with van der Waals surface area (Å²) < 4.78 is 0. The number of hydrogen-bond acceptors (Lipinski definition) is 1. The first kappa shape index (κ1) is 13.0. The van der Waals surface area contributed by atoms with Crippen LogP contribution in [0.4, 0.5) is 0 Å². The number of aliphatic imine (C=N–C) groups is 1. The normalized spacial score (nSPS) is 12.1. The molecule has 0 bridgehead atoms. The fourth-order valence-corrected chi connectivity index (χ4v) is 2.43. The molecule has 1 aromatic carbocycles. The van der Waals surface area contributed by atoms with E-state index in [4.69, 9.17) is 0 Å². The van der Waals surface area contributed by atoms with Gasteiger partial charge >= 0.3 is 0 Å². The Balaban J connectivity index is 3.71. The van der Waals surface area contributed by atoms with E-state index in [9.17, 15) is 0 Å². The van der Waals surface area contributed by atoms with E-state index in [1.54, 1.807) is 0 Å². The van der Waals surface area contributed by atoms with Crippen molar-refractivity contribution < 1.29 is 0 Å². The van der Waals surface area contributed by atoms with Crippen LogP contribution >= 0.6 is 0 Å². The molecule has 1 heteroatoms. The van der Waals surface area contributed by atoms with Crippen LogP contribution in [0.25, 0.3) is 0 Å². The van der Waals surface area contributed by atoms with Gasteiger partial charge in [0.2, 0.25) is 0 Å². The van der Waals surface area contributed by atoms with Crippen molar-refractivity contribution in [3.63, 3.8) is 0 Å². The second-order valence-electron chi connectivity index (χ2n) is 4.52. The first-order chi connectivity index (χ1) is 7.45. The minimum Gasteiger partial charge on any atom is -0.293 e. The quantitative estimate of drug-likeness (QED) is 0.666. The van der Waals surface area contributed by atoms with Gasteiger partial charge in [0.15, 0.2) is 0 Å². The molecule has 0 atom stereocenters. The molecule has 0 heterocycles. The molecule has 1 nitrogen and oxygen atoms in total. The van der Waals surface area contributed by atoms with Crippen molar-refractivity contribution in [3.8, 4) is 0 Å². The highest BCUT2D eigenvalue weighted by atomic mass is 14.7. The molecule has 0 radical (unpaired) electrons. The predicted octanol–water partition coefficient (Wildman–Crippen LogP) is 3.92. The van der Waals surface area contributed by atoms with Gasteiger partial charge in [-0.15, -0.1) is 0 Å². The summed E-state index contributed by atoms with van der Waals surface area (Å²) in [6, 6.07) is 0. The molecule has 0 N–H and O–H groups in total. The average molecular weight is 217 g/mol. The molecule has 0 spiro atoms. The zero-order valence-electron chi connectivity index (χ0n) is 11.7. The molecule has 0 fully saturated rings. The Labute approximate surface area is 99.6 Å². The summed E-state index contributed by atoms with van der Waals surface area (Å²) in [5, 5.41) is 0. The Kier molecular flexibility index (Phi) is 3.90. The van der Waals surface area contributed by atoms with Crippen LogP contribution in [-0.2, 0) is 6.42 Å². The molecule has 16 heavy (non-hydrogen) atoms. The standard InChI is InChI=1S/C15H23N/c1-8-14-11(4)9(2)10(3)12(5)15(14)13(6)16-7/h8H2,1-7H3. The molecule has 1 aromatic rings. The summed E-state index contributed by atoms with van der Waals surface area (Å²) in [5.74, 6) is 0.